The van der Waals surface area contributed by atoms with E-state index >= 15 is 0 Å². The molecule has 0 aliphatic carbocycles. The molecule has 0 unspecified atom stereocenters. The van der Waals surface area contributed by atoms with Gasteiger partial charge in [-0.15, -0.1) is 0 Å². The summed E-state index contributed by atoms with van der Waals surface area (Å²) < 4.78 is 6.18. The summed E-state index contributed by atoms with van der Waals surface area (Å²) in [5.41, 5.74) is 3.82. The molecule has 0 amide bonds. The first-order valence-electron chi connectivity index (χ1n) is 3.86. The SMILES string of the molecule is CONCc1cccc(Br)c1OC. The molecule has 72 valence electrons. The molecular weight excluding hydrogens is 234 g/mol. The van der Waals surface area contributed by atoms with E-state index in [2.05, 4.69) is 21.4 Å². The van der Waals surface area contributed by atoms with Crippen molar-refractivity contribution in [2.45, 2.75) is 6.54 Å². The molecule has 1 N–H and O–H groups in total. The van der Waals surface area contributed by atoms with Crippen molar-refractivity contribution in [1.29, 1.82) is 0 Å². The minimum atomic E-state index is 0.624. The molecule has 1 aromatic rings. The Hall–Kier alpha value is -0.580. The fraction of sp³-hybridized carbons (Fsp3) is 0.333. The number of nitrogens with one attached hydrogen (secondary N) is 1. The Labute approximate surface area is 86.1 Å². The van der Waals surface area contributed by atoms with Crippen LogP contribution in [0.15, 0.2) is 22.7 Å². The quantitative estimate of drug-likeness (QED) is 0.825. The van der Waals surface area contributed by atoms with Crippen molar-refractivity contribution in [2.75, 3.05) is 14.2 Å². The van der Waals surface area contributed by atoms with Gasteiger partial charge in [0.25, 0.3) is 0 Å². The van der Waals surface area contributed by atoms with Gasteiger partial charge in [0.2, 0.25) is 0 Å². The van der Waals surface area contributed by atoms with Gasteiger partial charge >= 0.3 is 0 Å². The molecule has 0 aromatic heterocycles. The predicted octanol–water partition coefficient (Wildman–Crippen LogP) is 2.11. The lowest BCUT2D eigenvalue weighted by molar-refractivity contribution is 0.0861. The minimum Gasteiger partial charge on any atom is -0.495 e. The number of benzene rings is 1. The van der Waals surface area contributed by atoms with Gasteiger partial charge in [0.1, 0.15) is 5.75 Å². The van der Waals surface area contributed by atoms with E-state index in [0.717, 1.165) is 15.8 Å². The smallest absolute Gasteiger partial charge is 0.137 e. The van der Waals surface area contributed by atoms with Crippen molar-refractivity contribution in [1.82, 2.24) is 5.48 Å². The summed E-state index contributed by atoms with van der Waals surface area (Å²) in [6.07, 6.45) is 0. The van der Waals surface area contributed by atoms with Crippen molar-refractivity contribution in [3.05, 3.63) is 28.2 Å². The van der Waals surface area contributed by atoms with Crippen molar-refractivity contribution >= 4 is 15.9 Å². The van der Waals surface area contributed by atoms with E-state index in [1.54, 1.807) is 14.2 Å². The average Bonchev–Trinajstić information content (AvgIpc) is 2.15. The zero-order chi connectivity index (χ0) is 9.68. The van der Waals surface area contributed by atoms with Gasteiger partial charge in [0, 0.05) is 12.1 Å². The van der Waals surface area contributed by atoms with Crippen LogP contribution in [0.1, 0.15) is 5.56 Å². The van der Waals surface area contributed by atoms with Crippen LogP contribution >= 0.6 is 15.9 Å². The highest BCUT2D eigenvalue weighted by atomic mass is 79.9. The fourth-order valence-electron chi connectivity index (χ4n) is 1.07. The first-order valence-corrected chi connectivity index (χ1v) is 4.66. The molecule has 0 saturated carbocycles. The van der Waals surface area contributed by atoms with E-state index < -0.39 is 0 Å². The largest absolute Gasteiger partial charge is 0.495 e. The zero-order valence-electron chi connectivity index (χ0n) is 7.63. The number of para-hydroxylation sites is 1. The third-order valence-corrected chi connectivity index (χ3v) is 2.28. The van der Waals surface area contributed by atoms with Crippen LogP contribution in [0.3, 0.4) is 0 Å². The third kappa shape index (κ3) is 2.69. The number of rotatable bonds is 4. The summed E-state index contributed by atoms with van der Waals surface area (Å²) in [7, 11) is 3.24. The maximum absolute atomic E-state index is 5.23. The summed E-state index contributed by atoms with van der Waals surface area (Å²) in [6.45, 7) is 0.624. The number of methoxy groups -OCH3 is 1. The number of hydrogen-bond acceptors (Lipinski definition) is 3. The summed E-state index contributed by atoms with van der Waals surface area (Å²) in [5.74, 6) is 0.840. The van der Waals surface area contributed by atoms with E-state index in [-0.39, 0.29) is 0 Å². The van der Waals surface area contributed by atoms with Crippen molar-refractivity contribution in [2.24, 2.45) is 0 Å². The second-order valence-electron chi connectivity index (χ2n) is 2.46. The molecule has 0 fully saturated rings. The van der Waals surface area contributed by atoms with Gasteiger partial charge in [-0.25, -0.2) is 0 Å². The molecule has 0 bridgehead atoms. The number of halogens is 1. The molecule has 0 atom stereocenters. The first-order chi connectivity index (χ1) is 6.29. The van der Waals surface area contributed by atoms with E-state index in [0.29, 0.717) is 6.54 Å². The highest BCUT2D eigenvalue weighted by Crippen LogP contribution is 2.28. The lowest BCUT2D eigenvalue weighted by Crippen LogP contribution is -2.11. The Balaban J connectivity index is 2.85. The highest BCUT2D eigenvalue weighted by molar-refractivity contribution is 9.10. The molecule has 13 heavy (non-hydrogen) atoms. The Bertz CT molecular complexity index is 278. The second kappa shape index (κ2) is 5.21. The summed E-state index contributed by atoms with van der Waals surface area (Å²) in [4.78, 5) is 4.76. The molecule has 1 rings (SSSR count). The van der Waals surface area contributed by atoms with E-state index in [1.807, 2.05) is 18.2 Å². The molecule has 0 heterocycles. The van der Waals surface area contributed by atoms with Gasteiger partial charge in [0.15, 0.2) is 0 Å². The van der Waals surface area contributed by atoms with Crippen LogP contribution in [0.2, 0.25) is 0 Å². The molecule has 0 saturated heterocycles. The predicted molar refractivity (Wildman–Crippen MR) is 54.5 cm³/mol. The molecule has 0 spiro atoms. The van der Waals surface area contributed by atoms with Gasteiger partial charge in [-0.3, -0.25) is 0 Å². The summed E-state index contributed by atoms with van der Waals surface area (Å²) in [6, 6.07) is 5.88. The first kappa shape index (κ1) is 10.5. The molecule has 0 radical (unpaired) electrons. The van der Waals surface area contributed by atoms with Gasteiger partial charge in [-0.2, -0.15) is 5.48 Å². The number of hydrogen-bond donors (Lipinski definition) is 1. The summed E-state index contributed by atoms with van der Waals surface area (Å²) in [5, 5.41) is 0. The molecular formula is C9H12BrNO2. The normalized spacial score (nSPS) is 10.1. The minimum absolute atomic E-state index is 0.624. The monoisotopic (exact) mass is 245 g/mol. The molecule has 4 heteroatoms. The number of ether oxygens (including phenoxy) is 1. The Morgan fingerprint density at radius 1 is 1.38 bits per heavy atom. The summed E-state index contributed by atoms with van der Waals surface area (Å²) >= 11 is 3.41. The van der Waals surface area contributed by atoms with Crippen LogP contribution in [0, 0.1) is 0 Å². The van der Waals surface area contributed by atoms with E-state index in [9.17, 15) is 0 Å². The van der Waals surface area contributed by atoms with Gasteiger partial charge < -0.3 is 9.57 Å². The van der Waals surface area contributed by atoms with Crippen molar-refractivity contribution in [3.8, 4) is 5.75 Å². The molecule has 0 aliphatic heterocycles. The Morgan fingerprint density at radius 2 is 2.15 bits per heavy atom. The molecule has 3 nitrogen and oxygen atoms in total. The Kier molecular flexibility index (Phi) is 4.21. The van der Waals surface area contributed by atoms with Crippen molar-refractivity contribution in [3.63, 3.8) is 0 Å². The van der Waals surface area contributed by atoms with Gasteiger partial charge in [-0.05, 0) is 22.0 Å². The van der Waals surface area contributed by atoms with Crippen LogP contribution in [0.25, 0.3) is 0 Å². The van der Waals surface area contributed by atoms with Gasteiger partial charge in [0.05, 0.1) is 18.7 Å². The van der Waals surface area contributed by atoms with Crippen LogP contribution in [0.5, 0.6) is 5.75 Å². The third-order valence-electron chi connectivity index (χ3n) is 1.66. The zero-order valence-corrected chi connectivity index (χ0v) is 9.22. The van der Waals surface area contributed by atoms with Crippen molar-refractivity contribution < 1.29 is 9.57 Å². The maximum atomic E-state index is 5.23. The van der Waals surface area contributed by atoms with E-state index in [4.69, 9.17) is 9.57 Å². The topological polar surface area (TPSA) is 30.5 Å². The number of hydroxylamine groups is 1. The molecule has 1 aromatic carbocycles. The lowest BCUT2D eigenvalue weighted by atomic mass is 10.2. The second-order valence-corrected chi connectivity index (χ2v) is 3.31. The van der Waals surface area contributed by atoms with Crippen LogP contribution in [-0.2, 0) is 11.4 Å². The van der Waals surface area contributed by atoms with Crippen LogP contribution in [0.4, 0.5) is 0 Å². The standard InChI is InChI=1S/C9H12BrNO2/c1-12-9-7(6-11-13-2)4-3-5-8(9)10/h3-5,11H,6H2,1-2H3. The van der Waals surface area contributed by atoms with E-state index in [1.165, 1.54) is 0 Å². The Morgan fingerprint density at radius 3 is 2.77 bits per heavy atom. The van der Waals surface area contributed by atoms with Crippen LogP contribution < -0.4 is 10.2 Å². The molecule has 0 aliphatic rings. The van der Waals surface area contributed by atoms with Crippen LogP contribution in [-0.4, -0.2) is 14.2 Å². The average molecular weight is 246 g/mol. The van der Waals surface area contributed by atoms with Gasteiger partial charge in [-0.1, -0.05) is 12.1 Å². The maximum Gasteiger partial charge on any atom is 0.137 e. The lowest BCUT2D eigenvalue weighted by Gasteiger charge is -2.09. The highest BCUT2D eigenvalue weighted by Gasteiger charge is 2.05. The fourth-order valence-corrected chi connectivity index (χ4v) is 1.64.